The van der Waals surface area contributed by atoms with Gasteiger partial charge in [-0.05, 0) is 61.2 Å². The number of Topliss-reactive ketones (excluding diaryl/α,β-unsaturated/α-hetero) is 1. The summed E-state index contributed by atoms with van der Waals surface area (Å²) in [5, 5.41) is 10.9. The van der Waals surface area contributed by atoms with Crippen molar-refractivity contribution in [3.63, 3.8) is 0 Å². The van der Waals surface area contributed by atoms with Gasteiger partial charge in [0.2, 0.25) is 0 Å². The molecule has 4 aliphatic carbocycles. The Morgan fingerprint density at radius 2 is 1.67 bits per heavy atom. The van der Waals surface area contributed by atoms with E-state index in [0.717, 1.165) is 32.1 Å². The normalized spacial score (nSPS) is 48.7. The monoisotopic (exact) mass is 292 g/mol. The molecule has 0 radical (unpaired) electrons. The van der Waals surface area contributed by atoms with Crippen LogP contribution in [0.1, 0.15) is 79.6 Å². The number of carbonyl (C=O) groups is 1. The standard InChI is InChI=1S/C19H32O2/c1-6-16(2,3)15(20)11-18(5)13-7-17(4)8-14(18)10-19(21,9-13)12-17/h13-14,21H,6-12H2,1-5H3. The summed E-state index contributed by atoms with van der Waals surface area (Å²) in [7, 11) is 0. The van der Waals surface area contributed by atoms with Crippen LogP contribution in [-0.4, -0.2) is 16.5 Å². The van der Waals surface area contributed by atoms with E-state index in [9.17, 15) is 9.90 Å². The van der Waals surface area contributed by atoms with Gasteiger partial charge in [0.25, 0.3) is 0 Å². The average molecular weight is 292 g/mol. The lowest BCUT2D eigenvalue weighted by atomic mass is 9.39. The van der Waals surface area contributed by atoms with Crippen molar-refractivity contribution in [1.29, 1.82) is 0 Å². The molecule has 2 nitrogen and oxygen atoms in total. The highest BCUT2D eigenvalue weighted by atomic mass is 16.3. The fourth-order valence-electron chi connectivity index (χ4n) is 5.84. The number of carbonyl (C=O) groups excluding carboxylic acids is 1. The van der Waals surface area contributed by atoms with Gasteiger partial charge >= 0.3 is 0 Å². The molecular weight excluding hydrogens is 260 g/mol. The van der Waals surface area contributed by atoms with Crippen molar-refractivity contribution in [2.45, 2.75) is 85.2 Å². The summed E-state index contributed by atoms with van der Waals surface area (Å²) in [6, 6.07) is 0. The summed E-state index contributed by atoms with van der Waals surface area (Å²) in [4.78, 5) is 12.8. The molecule has 0 aromatic heterocycles. The summed E-state index contributed by atoms with van der Waals surface area (Å²) in [6.07, 6.45) is 6.89. The third-order valence-corrected chi connectivity index (χ3v) is 7.53. The smallest absolute Gasteiger partial charge is 0.139 e. The number of hydrogen-bond donors (Lipinski definition) is 1. The van der Waals surface area contributed by atoms with Crippen LogP contribution < -0.4 is 0 Å². The molecule has 4 aliphatic rings. The zero-order valence-electron chi connectivity index (χ0n) is 14.5. The van der Waals surface area contributed by atoms with Gasteiger partial charge in [-0.15, -0.1) is 0 Å². The molecular formula is C19H32O2. The van der Waals surface area contributed by atoms with Crippen molar-refractivity contribution >= 4 is 5.78 Å². The highest BCUT2D eigenvalue weighted by Gasteiger charge is 2.63. The van der Waals surface area contributed by atoms with Gasteiger partial charge in [-0.2, -0.15) is 0 Å². The fraction of sp³-hybridized carbons (Fsp3) is 0.947. The molecule has 21 heavy (non-hydrogen) atoms. The quantitative estimate of drug-likeness (QED) is 0.836. The van der Waals surface area contributed by atoms with Crippen LogP contribution in [0.5, 0.6) is 0 Å². The van der Waals surface area contributed by atoms with Crippen molar-refractivity contribution in [3.05, 3.63) is 0 Å². The summed E-state index contributed by atoms with van der Waals surface area (Å²) in [5.41, 5.74) is -0.180. The molecule has 2 unspecified atom stereocenters. The molecule has 0 amide bonds. The van der Waals surface area contributed by atoms with Gasteiger partial charge < -0.3 is 5.11 Å². The zero-order valence-corrected chi connectivity index (χ0v) is 14.5. The Morgan fingerprint density at radius 3 is 2.10 bits per heavy atom. The summed E-state index contributed by atoms with van der Waals surface area (Å²) in [6.45, 7) is 11.0. The highest BCUT2D eigenvalue weighted by molar-refractivity contribution is 5.84. The Morgan fingerprint density at radius 1 is 1.14 bits per heavy atom. The SMILES string of the molecule is CCC(C)(C)C(=O)CC1(C)C2CC3(C)CC1CC(O)(C2)C3. The minimum absolute atomic E-state index is 0.121. The third kappa shape index (κ3) is 2.29. The molecule has 0 saturated heterocycles. The Balaban J connectivity index is 1.85. The molecule has 0 aliphatic heterocycles. The van der Waals surface area contributed by atoms with Crippen LogP contribution in [-0.2, 0) is 4.79 Å². The third-order valence-electron chi connectivity index (χ3n) is 7.53. The van der Waals surface area contributed by atoms with Crippen molar-refractivity contribution in [1.82, 2.24) is 0 Å². The Bertz CT molecular complexity index is 426. The van der Waals surface area contributed by atoms with E-state index < -0.39 is 5.60 Å². The van der Waals surface area contributed by atoms with Gasteiger partial charge in [0.15, 0.2) is 0 Å². The molecule has 1 N–H and O–H groups in total. The molecule has 0 aromatic rings. The van der Waals surface area contributed by atoms with Gasteiger partial charge in [0, 0.05) is 11.8 Å². The highest BCUT2D eigenvalue weighted by Crippen LogP contribution is 2.68. The average Bonchev–Trinajstić information content (AvgIpc) is 2.33. The molecule has 0 aromatic carbocycles. The lowest BCUT2D eigenvalue weighted by Gasteiger charge is -2.66. The second-order valence-corrected chi connectivity index (χ2v) is 9.77. The molecule has 2 heteroatoms. The van der Waals surface area contributed by atoms with Crippen LogP contribution in [0.2, 0.25) is 0 Å². The minimum atomic E-state index is -0.427. The first kappa shape index (κ1) is 15.5. The maximum absolute atomic E-state index is 12.8. The van der Waals surface area contributed by atoms with Gasteiger partial charge in [-0.3, -0.25) is 4.79 Å². The van der Waals surface area contributed by atoms with Crippen LogP contribution in [0.3, 0.4) is 0 Å². The zero-order chi connectivity index (χ0) is 15.7. The number of hydrogen-bond acceptors (Lipinski definition) is 2. The first-order valence-electron chi connectivity index (χ1n) is 8.78. The van der Waals surface area contributed by atoms with Crippen LogP contribution >= 0.6 is 0 Å². The summed E-state index contributed by atoms with van der Waals surface area (Å²) in [5.74, 6) is 1.49. The van der Waals surface area contributed by atoms with Crippen LogP contribution in [0.4, 0.5) is 0 Å². The molecule has 4 bridgehead atoms. The van der Waals surface area contributed by atoms with E-state index in [1.807, 2.05) is 0 Å². The van der Waals surface area contributed by atoms with E-state index in [1.54, 1.807) is 0 Å². The predicted molar refractivity (Wildman–Crippen MR) is 84.9 cm³/mol. The van der Waals surface area contributed by atoms with E-state index in [0.29, 0.717) is 23.0 Å². The minimum Gasteiger partial charge on any atom is -0.390 e. The van der Waals surface area contributed by atoms with E-state index in [-0.39, 0.29) is 10.8 Å². The van der Waals surface area contributed by atoms with Gasteiger partial charge in [0.1, 0.15) is 5.78 Å². The Hall–Kier alpha value is -0.370. The first-order chi connectivity index (χ1) is 9.52. The molecule has 0 heterocycles. The molecule has 4 rings (SSSR count). The first-order valence-corrected chi connectivity index (χ1v) is 8.78. The van der Waals surface area contributed by atoms with Crippen LogP contribution in [0.25, 0.3) is 0 Å². The van der Waals surface area contributed by atoms with Gasteiger partial charge in [-0.1, -0.05) is 34.6 Å². The maximum Gasteiger partial charge on any atom is 0.139 e. The van der Waals surface area contributed by atoms with Gasteiger partial charge in [-0.25, -0.2) is 0 Å². The lowest BCUT2D eigenvalue weighted by Crippen LogP contribution is -2.62. The topological polar surface area (TPSA) is 37.3 Å². The second-order valence-electron chi connectivity index (χ2n) is 9.77. The molecule has 4 saturated carbocycles. The Kier molecular flexibility index (Phi) is 3.21. The van der Waals surface area contributed by atoms with E-state index in [2.05, 4.69) is 34.6 Å². The van der Waals surface area contributed by atoms with Gasteiger partial charge in [0.05, 0.1) is 5.60 Å². The molecule has 120 valence electrons. The molecule has 0 spiro atoms. The summed E-state index contributed by atoms with van der Waals surface area (Å²) >= 11 is 0. The van der Waals surface area contributed by atoms with E-state index >= 15 is 0 Å². The van der Waals surface area contributed by atoms with Crippen molar-refractivity contribution in [3.8, 4) is 0 Å². The van der Waals surface area contributed by atoms with Crippen LogP contribution in [0, 0.1) is 28.1 Å². The Labute approximate surface area is 129 Å². The number of rotatable bonds is 4. The molecule has 2 atom stereocenters. The number of aliphatic hydroxyl groups is 1. The fourth-order valence-corrected chi connectivity index (χ4v) is 5.84. The lowest BCUT2D eigenvalue weighted by molar-refractivity contribution is -0.216. The largest absolute Gasteiger partial charge is 0.390 e. The maximum atomic E-state index is 12.8. The predicted octanol–water partition coefficient (Wildman–Crippen LogP) is 4.35. The van der Waals surface area contributed by atoms with Crippen molar-refractivity contribution < 1.29 is 9.90 Å². The summed E-state index contributed by atoms with van der Waals surface area (Å²) < 4.78 is 0. The van der Waals surface area contributed by atoms with Crippen LogP contribution in [0.15, 0.2) is 0 Å². The van der Waals surface area contributed by atoms with Crippen molar-refractivity contribution in [2.24, 2.45) is 28.1 Å². The second kappa shape index (κ2) is 4.34. The van der Waals surface area contributed by atoms with E-state index in [4.69, 9.17) is 0 Å². The number of ketones is 1. The van der Waals surface area contributed by atoms with Crippen molar-refractivity contribution in [2.75, 3.05) is 0 Å². The van der Waals surface area contributed by atoms with E-state index in [1.165, 1.54) is 12.8 Å². The molecule has 4 fully saturated rings.